The normalized spacial score (nSPS) is 10.3. The van der Waals surface area contributed by atoms with E-state index in [1.165, 1.54) is 24.3 Å². The van der Waals surface area contributed by atoms with Crippen LogP contribution in [0.2, 0.25) is 0 Å². The van der Waals surface area contributed by atoms with Gasteiger partial charge in [0.05, 0.1) is 9.85 Å². The Morgan fingerprint density at radius 3 is 2.19 bits per heavy atom. The average molecular weight is 361 g/mol. The minimum absolute atomic E-state index is 0.00656. The Balaban J connectivity index is 2.16. The standard InChI is InChI=1S/C14H15N7O5/c1-8(2)17-12-11(21(25)26)13(16-7-15-12)18-19-14(22)9-3-5-10(6-4-9)20(23)24/h3-8H,1-2H3,(H,19,22)(H2,15,16,17,18). The van der Waals surface area contributed by atoms with Crippen molar-refractivity contribution in [2.75, 3.05) is 10.7 Å². The summed E-state index contributed by atoms with van der Waals surface area (Å²) in [6, 6.07) is 4.76. The van der Waals surface area contributed by atoms with E-state index in [0.717, 1.165) is 6.33 Å². The van der Waals surface area contributed by atoms with Crippen molar-refractivity contribution in [3.63, 3.8) is 0 Å². The lowest BCUT2D eigenvalue weighted by atomic mass is 10.2. The number of nitro benzene ring substituents is 1. The summed E-state index contributed by atoms with van der Waals surface area (Å²) in [5, 5.41) is 24.7. The van der Waals surface area contributed by atoms with Gasteiger partial charge in [0, 0.05) is 23.7 Å². The van der Waals surface area contributed by atoms with Crippen molar-refractivity contribution in [3.05, 3.63) is 56.4 Å². The van der Waals surface area contributed by atoms with Crippen LogP contribution in [0, 0.1) is 20.2 Å². The molecule has 0 fully saturated rings. The maximum absolute atomic E-state index is 12.1. The quantitative estimate of drug-likeness (QED) is 0.493. The third kappa shape index (κ3) is 4.37. The van der Waals surface area contributed by atoms with Crippen LogP contribution in [-0.4, -0.2) is 31.8 Å². The van der Waals surface area contributed by atoms with E-state index in [9.17, 15) is 25.0 Å². The SMILES string of the molecule is CC(C)Nc1ncnc(NNC(=O)c2ccc([N+](=O)[O-])cc2)c1[N+](=O)[O-]. The van der Waals surface area contributed by atoms with E-state index in [4.69, 9.17) is 0 Å². The Kier molecular flexibility index (Phi) is 5.57. The number of hydrogen-bond acceptors (Lipinski definition) is 9. The number of anilines is 2. The van der Waals surface area contributed by atoms with Crippen LogP contribution in [0.3, 0.4) is 0 Å². The van der Waals surface area contributed by atoms with Crippen molar-refractivity contribution in [1.29, 1.82) is 0 Å². The van der Waals surface area contributed by atoms with E-state index < -0.39 is 21.4 Å². The van der Waals surface area contributed by atoms with Crippen molar-refractivity contribution in [3.8, 4) is 0 Å². The second-order valence-corrected chi connectivity index (χ2v) is 5.36. The predicted molar refractivity (Wildman–Crippen MR) is 91.6 cm³/mol. The third-order valence-corrected chi connectivity index (χ3v) is 3.06. The molecule has 12 nitrogen and oxygen atoms in total. The maximum atomic E-state index is 12.1. The minimum Gasteiger partial charge on any atom is -0.362 e. The molecule has 136 valence electrons. The van der Waals surface area contributed by atoms with Gasteiger partial charge in [-0.3, -0.25) is 35.9 Å². The van der Waals surface area contributed by atoms with E-state index >= 15 is 0 Å². The summed E-state index contributed by atoms with van der Waals surface area (Å²) in [4.78, 5) is 40.3. The van der Waals surface area contributed by atoms with Crippen LogP contribution in [0.15, 0.2) is 30.6 Å². The molecule has 0 aliphatic heterocycles. The number of nitro groups is 2. The van der Waals surface area contributed by atoms with Crippen molar-refractivity contribution in [2.45, 2.75) is 19.9 Å². The highest BCUT2D eigenvalue weighted by atomic mass is 16.6. The molecular weight excluding hydrogens is 346 g/mol. The van der Waals surface area contributed by atoms with Gasteiger partial charge in [0.1, 0.15) is 6.33 Å². The Labute approximate surface area is 146 Å². The molecule has 0 atom stereocenters. The van der Waals surface area contributed by atoms with E-state index in [1.54, 1.807) is 13.8 Å². The zero-order valence-electron chi connectivity index (χ0n) is 13.8. The minimum atomic E-state index is -0.676. The number of hydrogen-bond donors (Lipinski definition) is 3. The van der Waals surface area contributed by atoms with Crippen LogP contribution in [-0.2, 0) is 0 Å². The number of aromatic nitrogens is 2. The number of nitrogens with zero attached hydrogens (tertiary/aromatic N) is 4. The van der Waals surface area contributed by atoms with Crippen molar-refractivity contribution in [2.24, 2.45) is 0 Å². The first-order valence-electron chi connectivity index (χ1n) is 7.36. The summed E-state index contributed by atoms with van der Waals surface area (Å²) in [5.41, 5.74) is 4.17. The maximum Gasteiger partial charge on any atom is 0.354 e. The molecule has 3 N–H and O–H groups in total. The first-order valence-corrected chi connectivity index (χ1v) is 7.36. The largest absolute Gasteiger partial charge is 0.362 e. The summed E-state index contributed by atoms with van der Waals surface area (Å²) < 4.78 is 0. The molecule has 1 aromatic heterocycles. The Bertz CT molecular complexity index is 838. The van der Waals surface area contributed by atoms with Crippen LogP contribution in [0.25, 0.3) is 0 Å². The molecule has 0 unspecified atom stereocenters. The highest BCUT2D eigenvalue weighted by Gasteiger charge is 2.24. The molecule has 26 heavy (non-hydrogen) atoms. The monoisotopic (exact) mass is 361 g/mol. The number of carbonyl (C=O) groups excluding carboxylic acids is 1. The summed E-state index contributed by atoms with van der Waals surface area (Å²) in [6.07, 6.45) is 1.11. The number of hydrazine groups is 1. The topological polar surface area (TPSA) is 165 Å². The fraction of sp³-hybridized carbons (Fsp3) is 0.214. The first-order chi connectivity index (χ1) is 12.3. The van der Waals surface area contributed by atoms with E-state index in [2.05, 4.69) is 26.1 Å². The number of rotatable bonds is 7. The number of benzene rings is 1. The molecule has 0 bridgehead atoms. The number of nitrogens with one attached hydrogen (secondary N) is 3. The highest BCUT2D eigenvalue weighted by Crippen LogP contribution is 2.28. The summed E-state index contributed by atoms with van der Waals surface area (Å²) in [7, 11) is 0. The lowest BCUT2D eigenvalue weighted by molar-refractivity contribution is -0.384. The predicted octanol–water partition coefficient (Wildman–Crippen LogP) is 1.87. The second kappa shape index (κ2) is 7.83. The molecule has 1 amide bonds. The molecule has 2 rings (SSSR count). The van der Waals surface area contributed by atoms with Crippen LogP contribution >= 0.6 is 0 Å². The smallest absolute Gasteiger partial charge is 0.354 e. The van der Waals surface area contributed by atoms with Gasteiger partial charge in [-0.25, -0.2) is 9.97 Å². The number of carbonyl (C=O) groups is 1. The van der Waals surface area contributed by atoms with Gasteiger partial charge in [0.2, 0.25) is 11.6 Å². The van der Waals surface area contributed by atoms with Gasteiger partial charge >= 0.3 is 5.69 Å². The first kappa shape index (κ1) is 18.5. The second-order valence-electron chi connectivity index (χ2n) is 5.36. The van der Waals surface area contributed by atoms with Gasteiger partial charge in [0.25, 0.3) is 11.6 Å². The molecule has 0 radical (unpaired) electrons. The Morgan fingerprint density at radius 1 is 1.04 bits per heavy atom. The van der Waals surface area contributed by atoms with Crippen LogP contribution in [0.1, 0.15) is 24.2 Å². The van der Waals surface area contributed by atoms with E-state index in [0.29, 0.717) is 0 Å². The summed E-state index contributed by atoms with van der Waals surface area (Å²) >= 11 is 0. The zero-order chi connectivity index (χ0) is 19.3. The summed E-state index contributed by atoms with van der Waals surface area (Å²) in [6.45, 7) is 3.57. The molecule has 1 heterocycles. The molecule has 0 aliphatic carbocycles. The molecule has 0 saturated carbocycles. The van der Waals surface area contributed by atoms with Crippen molar-refractivity contribution >= 4 is 28.9 Å². The van der Waals surface area contributed by atoms with E-state index in [1.807, 2.05) is 0 Å². The van der Waals surface area contributed by atoms with Gasteiger partial charge in [0.15, 0.2) is 0 Å². The Morgan fingerprint density at radius 2 is 1.65 bits per heavy atom. The fourth-order valence-corrected chi connectivity index (χ4v) is 1.94. The van der Waals surface area contributed by atoms with Crippen LogP contribution in [0.5, 0.6) is 0 Å². The molecule has 1 aromatic carbocycles. The zero-order valence-corrected chi connectivity index (χ0v) is 13.8. The fourth-order valence-electron chi connectivity index (χ4n) is 1.94. The number of amides is 1. The van der Waals surface area contributed by atoms with Gasteiger partial charge in [-0.05, 0) is 26.0 Å². The van der Waals surface area contributed by atoms with Crippen LogP contribution in [0.4, 0.5) is 23.0 Å². The molecule has 0 aliphatic rings. The van der Waals surface area contributed by atoms with Crippen molar-refractivity contribution in [1.82, 2.24) is 15.4 Å². The van der Waals surface area contributed by atoms with Gasteiger partial charge in [-0.1, -0.05) is 0 Å². The highest BCUT2D eigenvalue weighted by molar-refractivity contribution is 5.95. The van der Waals surface area contributed by atoms with Crippen LogP contribution < -0.4 is 16.2 Å². The Hall–Kier alpha value is -3.83. The van der Waals surface area contributed by atoms with Gasteiger partial charge < -0.3 is 5.32 Å². The molecule has 12 heteroatoms. The molecule has 2 aromatic rings. The molecule has 0 saturated heterocycles. The average Bonchev–Trinajstić information content (AvgIpc) is 2.59. The number of non-ortho nitro benzene ring substituents is 1. The lowest BCUT2D eigenvalue weighted by Gasteiger charge is -2.12. The van der Waals surface area contributed by atoms with Gasteiger partial charge in [-0.15, -0.1) is 0 Å². The molecule has 0 spiro atoms. The summed E-state index contributed by atoms with van der Waals surface area (Å²) in [5.74, 6) is -0.846. The lowest BCUT2D eigenvalue weighted by Crippen LogP contribution is -2.30. The van der Waals surface area contributed by atoms with E-state index in [-0.39, 0.29) is 28.9 Å². The van der Waals surface area contributed by atoms with Crippen molar-refractivity contribution < 1.29 is 14.6 Å². The molecular formula is C14H15N7O5. The third-order valence-electron chi connectivity index (χ3n) is 3.06. The van der Waals surface area contributed by atoms with Gasteiger partial charge in [-0.2, -0.15) is 0 Å².